The predicted octanol–water partition coefficient (Wildman–Crippen LogP) is 3.14. The molecule has 1 aromatic carbocycles. The number of hydrogen-bond acceptors (Lipinski definition) is 2. The van der Waals surface area contributed by atoms with E-state index in [4.69, 9.17) is 0 Å². The molecule has 0 spiro atoms. The minimum absolute atomic E-state index is 0. The summed E-state index contributed by atoms with van der Waals surface area (Å²) < 4.78 is 0. The Morgan fingerprint density at radius 3 is 2.52 bits per heavy atom. The molecule has 1 aliphatic carbocycles. The summed E-state index contributed by atoms with van der Waals surface area (Å²) in [5.74, 6) is 0.204. The molecule has 0 bridgehead atoms. The average molecular weight is 309 g/mol. The summed E-state index contributed by atoms with van der Waals surface area (Å²) in [5, 5.41) is 6.76. The zero-order valence-corrected chi connectivity index (χ0v) is 13.3. The molecule has 0 radical (unpaired) electrons. The summed E-state index contributed by atoms with van der Waals surface area (Å²) in [6.07, 6.45) is 7.50. The van der Waals surface area contributed by atoms with Gasteiger partial charge < -0.3 is 10.6 Å². The number of nitrogens with one attached hydrogen (secondary N) is 2. The molecule has 1 amide bonds. The van der Waals surface area contributed by atoms with Crippen LogP contribution in [0, 0.1) is 0 Å². The molecule has 116 valence electrons. The van der Waals surface area contributed by atoms with Crippen LogP contribution in [0.15, 0.2) is 30.3 Å². The quantitative estimate of drug-likeness (QED) is 0.897. The van der Waals surface area contributed by atoms with Gasteiger partial charge in [0.15, 0.2) is 0 Å². The van der Waals surface area contributed by atoms with Crippen molar-refractivity contribution in [1.82, 2.24) is 10.6 Å². The number of carbonyl (C=O) groups excluding carboxylic acids is 1. The summed E-state index contributed by atoms with van der Waals surface area (Å²) in [6, 6.07) is 10.9. The van der Waals surface area contributed by atoms with Crippen LogP contribution in [-0.4, -0.2) is 18.5 Å². The second-order valence-electron chi connectivity index (χ2n) is 6.20. The van der Waals surface area contributed by atoms with Crippen LogP contribution in [0.1, 0.15) is 50.5 Å². The number of rotatable bonds is 4. The van der Waals surface area contributed by atoms with Gasteiger partial charge in [-0.1, -0.05) is 43.2 Å². The fourth-order valence-electron chi connectivity index (χ4n) is 3.69. The Morgan fingerprint density at radius 2 is 1.90 bits per heavy atom. The van der Waals surface area contributed by atoms with Crippen LogP contribution >= 0.6 is 12.4 Å². The third kappa shape index (κ3) is 3.78. The summed E-state index contributed by atoms with van der Waals surface area (Å²) in [5.41, 5.74) is 1.15. The lowest BCUT2D eigenvalue weighted by molar-refractivity contribution is -0.123. The Kier molecular flexibility index (Phi) is 5.65. The van der Waals surface area contributed by atoms with Crippen molar-refractivity contribution in [2.45, 2.75) is 56.5 Å². The second kappa shape index (κ2) is 7.28. The Morgan fingerprint density at radius 1 is 1.19 bits per heavy atom. The smallest absolute Gasteiger partial charge is 0.222 e. The van der Waals surface area contributed by atoms with Gasteiger partial charge in [-0.05, 0) is 37.8 Å². The molecule has 21 heavy (non-hydrogen) atoms. The van der Waals surface area contributed by atoms with Crippen molar-refractivity contribution in [3.8, 4) is 0 Å². The van der Waals surface area contributed by atoms with E-state index in [1.54, 1.807) is 0 Å². The van der Waals surface area contributed by atoms with Crippen LogP contribution in [0.4, 0.5) is 0 Å². The zero-order chi connectivity index (χ0) is 13.8. The highest BCUT2D eigenvalue weighted by Crippen LogP contribution is 2.38. The molecule has 1 aromatic rings. The first-order chi connectivity index (χ1) is 9.78. The highest BCUT2D eigenvalue weighted by Gasteiger charge is 2.37. The van der Waals surface area contributed by atoms with E-state index in [0.717, 1.165) is 25.8 Å². The normalized spacial score (nSPS) is 23.5. The third-order valence-electron chi connectivity index (χ3n) is 4.76. The number of carbonyl (C=O) groups is 1. The van der Waals surface area contributed by atoms with Crippen LogP contribution < -0.4 is 10.6 Å². The van der Waals surface area contributed by atoms with Crippen LogP contribution in [0.3, 0.4) is 0 Å². The van der Waals surface area contributed by atoms with Crippen molar-refractivity contribution >= 4 is 18.3 Å². The van der Waals surface area contributed by atoms with Crippen LogP contribution in [-0.2, 0) is 10.3 Å². The van der Waals surface area contributed by atoms with Gasteiger partial charge in [0.25, 0.3) is 0 Å². The van der Waals surface area contributed by atoms with Crippen LogP contribution in [0.5, 0.6) is 0 Å². The zero-order valence-electron chi connectivity index (χ0n) is 12.4. The highest BCUT2D eigenvalue weighted by molar-refractivity contribution is 5.85. The average Bonchev–Trinajstić information content (AvgIpc) is 3.12. The van der Waals surface area contributed by atoms with Gasteiger partial charge in [-0.3, -0.25) is 4.79 Å². The molecule has 1 saturated heterocycles. The lowest BCUT2D eigenvalue weighted by Gasteiger charge is -2.31. The van der Waals surface area contributed by atoms with Crippen molar-refractivity contribution in [2.75, 3.05) is 6.54 Å². The van der Waals surface area contributed by atoms with Gasteiger partial charge in [0.2, 0.25) is 5.91 Å². The van der Waals surface area contributed by atoms with Gasteiger partial charge >= 0.3 is 0 Å². The lowest BCUT2D eigenvalue weighted by atomic mass is 9.88. The Hall–Kier alpha value is -1.06. The van der Waals surface area contributed by atoms with E-state index in [2.05, 4.69) is 34.9 Å². The fraction of sp³-hybridized carbons (Fsp3) is 0.588. The molecule has 0 aromatic heterocycles. The third-order valence-corrected chi connectivity index (χ3v) is 4.76. The van der Waals surface area contributed by atoms with Crippen molar-refractivity contribution < 1.29 is 4.79 Å². The Labute approximate surface area is 133 Å². The number of amides is 1. The summed E-state index contributed by atoms with van der Waals surface area (Å²) >= 11 is 0. The molecule has 2 N–H and O–H groups in total. The van der Waals surface area contributed by atoms with Crippen molar-refractivity contribution in [1.29, 1.82) is 0 Å². The minimum Gasteiger partial charge on any atom is -0.347 e. The predicted molar refractivity (Wildman–Crippen MR) is 87.6 cm³/mol. The van der Waals surface area contributed by atoms with Gasteiger partial charge in [-0.15, -0.1) is 12.4 Å². The molecule has 1 aliphatic heterocycles. The largest absolute Gasteiger partial charge is 0.347 e. The second-order valence-corrected chi connectivity index (χ2v) is 6.20. The van der Waals surface area contributed by atoms with E-state index in [1.807, 2.05) is 6.07 Å². The SMILES string of the molecule is Cl.O=C(CC1CCCN1)NC1(c2ccccc2)CCCC1. The van der Waals surface area contributed by atoms with Gasteiger partial charge in [-0.2, -0.15) is 0 Å². The molecule has 1 saturated carbocycles. The van der Waals surface area contributed by atoms with Crippen molar-refractivity contribution in [3.63, 3.8) is 0 Å². The maximum Gasteiger partial charge on any atom is 0.222 e. The first-order valence-corrected chi connectivity index (χ1v) is 7.88. The first kappa shape index (κ1) is 16.3. The van der Waals surface area contributed by atoms with E-state index < -0.39 is 0 Å². The van der Waals surface area contributed by atoms with Gasteiger partial charge in [0.1, 0.15) is 0 Å². The Balaban J connectivity index is 0.00000161. The number of halogens is 1. The van der Waals surface area contributed by atoms with Gasteiger partial charge in [0, 0.05) is 12.5 Å². The van der Waals surface area contributed by atoms with Gasteiger partial charge in [-0.25, -0.2) is 0 Å². The fourth-order valence-corrected chi connectivity index (χ4v) is 3.69. The Bertz CT molecular complexity index is 451. The summed E-state index contributed by atoms with van der Waals surface area (Å²) in [7, 11) is 0. The van der Waals surface area contributed by atoms with Crippen molar-refractivity contribution in [3.05, 3.63) is 35.9 Å². The molecule has 1 atom stereocenters. The van der Waals surface area contributed by atoms with E-state index in [1.165, 1.54) is 24.8 Å². The van der Waals surface area contributed by atoms with E-state index >= 15 is 0 Å². The first-order valence-electron chi connectivity index (χ1n) is 7.88. The van der Waals surface area contributed by atoms with E-state index in [9.17, 15) is 4.79 Å². The van der Waals surface area contributed by atoms with Gasteiger partial charge in [0.05, 0.1) is 5.54 Å². The molecular weight excluding hydrogens is 284 g/mol. The number of hydrogen-bond donors (Lipinski definition) is 2. The summed E-state index contributed by atoms with van der Waals surface area (Å²) in [4.78, 5) is 12.4. The lowest BCUT2D eigenvalue weighted by Crippen LogP contribution is -2.45. The number of benzene rings is 1. The van der Waals surface area contributed by atoms with Crippen LogP contribution in [0.2, 0.25) is 0 Å². The molecule has 2 aliphatic rings. The van der Waals surface area contributed by atoms with E-state index in [-0.39, 0.29) is 23.9 Å². The maximum atomic E-state index is 12.4. The molecule has 1 unspecified atom stereocenters. The molecule has 3 nitrogen and oxygen atoms in total. The summed E-state index contributed by atoms with van der Waals surface area (Å²) in [6.45, 7) is 1.06. The molecular formula is C17H25ClN2O. The monoisotopic (exact) mass is 308 g/mol. The van der Waals surface area contributed by atoms with E-state index in [0.29, 0.717) is 12.5 Å². The topological polar surface area (TPSA) is 41.1 Å². The standard InChI is InChI=1S/C17H24N2O.ClH/c20-16(13-15-9-6-12-18-15)19-17(10-4-5-11-17)14-7-2-1-3-8-14;/h1-3,7-8,15,18H,4-6,9-13H2,(H,19,20);1H. The molecule has 3 rings (SSSR count). The van der Waals surface area contributed by atoms with Crippen molar-refractivity contribution in [2.24, 2.45) is 0 Å². The highest BCUT2D eigenvalue weighted by atomic mass is 35.5. The molecule has 4 heteroatoms. The van der Waals surface area contributed by atoms with Crippen LogP contribution in [0.25, 0.3) is 0 Å². The molecule has 2 fully saturated rings. The maximum absolute atomic E-state index is 12.4. The minimum atomic E-state index is -0.114. The molecule has 1 heterocycles.